The van der Waals surface area contributed by atoms with Crippen molar-refractivity contribution in [3.8, 4) is 0 Å². The van der Waals surface area contributed by atoms with Gasteiger partial charge in [-0.15, -0.1) is 0 Å². The summed E-state index contributed by atoms with van der Waals surface area (Å²) in [7, 11) is 0. The van der Waals surface area contributed by atoms with E-state index in [1.807, 2.05) is 39.2 Å². The number of hydrogen-bond donors (Lipinski definition) is 0. The number of esters is 1. The predicted octanol–water partition coefficient (Wildman–Crippen LogP) is 5.03. The minimum absolute atomic E-state index is 0.0292. The number of nitrogens with zero attached hydrogens (tertiary/aromatic N) is 2. The molecule has 0 aliphatic rings. The maximum atomic E-state index is 12.4. The normalized spacial score (nSPS) is 11.3. The maximum absolute atomic E-state index is 12.4. The van der Waals surface area contributed by atoms with Crippen LogP contribution < -0.4 is 5.63 Å². The quantitative estimate of drug-likeness (QED) is 0.220. The summed E-state index contributed by atoms with van der Waals surface area (Å²) >= 11 is 1.49. The first-order valence-electron chi connectivity index (χ1n) is 10.3. The second-order valence-corrected chi connectivity index (χ2v) is 8.74. The largest absolute Gasteiger partial charge is 0.461 e. The Balaban J connectivity index is 1.74. The van der Waals surface area contributed by atoms with Crippen LogP contribution in [0, 0.1) is 20.8 Å². The van der Waals surface area contributed by atoms with Crippen molar-refractivity contribution in [1.29, 1.82) is 0 Å². The van der Waals surface area contributed by atoms with Gasteiger partial charge in [0, 0.05) is 34.8 Å². The van der Waals surface area contributed by atoms with Gasteiger partial charge in [-0.05, 0) is 68.2 Å². The van der Waals surface area contributed by atoms with Crippen LogP contribution in [-0.2, 0) is 22.6 Å². The van der Waals surface area contributed by atoms with Gasteiger partial charge in [0.05, 0.1) is 0 Å². The lowest BCUT2D eigenvalue weighted by Gasteiger charge is -2.13. The number of aryl methyl sites for hydroxylation is 3. The highest BCUT2D eigenvalue weighted by atomic mass is 32.2. The highest BCUT2D eigenvalue weighted by molar-refractivity contribution is 7.98. The van der Waals surface area contributed by atoms with Gasteiger partial charge in [-0.2, -0.15) is 0 Å². The molecule has 0 N–H and O–H groups in total. The van der Waals surface area contributed by atoms with Crippen molar-refractivity contribution >= 4 is 28.7 Å². The molecule has 1 aromatic carbocycles. The lowest BCUT2D eigenvalue weighted by molar-refractivity contribution is -0.144. The van der Waals surface area contributed by atoms with E-state index < -0.39 is 5.63 Å². The van der Waals surface area contributed by atoms with E-state index in [-0.39, 0.29) is 19.0 Å². The zero-order valence-corrected chi connectivity index (χ0v) is 19.7. The maximum Gasteiger partial charge on any atom is 0.336 e. The standard InChI is InChI=1S/C24H28N2O4S/c1-13(2)19-11-20-17(10-23(28)30-21(20)9-14(19)3)12-29-22(27)8-7-18-15(4)25-24(31-6)26-16(18)5/h9-11,13H,7-8,12H2,1-6H3. The number of thioether (sulfide) groups is 1. The molecule has 0 bridgehead atoms. The monoisotopic (exact) mass is 440 g/mol. The second-order valence-electron chi connectivity index (χ2n) is 7.97. The minimum atomic E-state index is -0.451. The van der Waals surface area contributed by atoms with E-state index in [0.29, 0.717) is 23.5 Å². The molecule has 164 valence electrons. The van der Waals surface area contributed by atoms with E-state index in [9.17, 15) is 9.59 Å². The van der Waals surface area contributed by atoms with Crippen molar-refractivity contribution < 1.29 is 13.9 Å². The Morgan fingerprint density at radius 2 is 1.81 bits per heavy atom. The van der Waals surface area contributed by atoms with E-state index in [4.69, 9.17) is 9.15 Å². The molecule has 0 aliphatic heterocycles. The number of rotatable bonds is 7. The van der Waals surface area contributed by atoms with E-state index in [1.165, 1.54) is 23.4 Å². The molecule has 0 amide bonds. The number of aromatic nitrogens is 2. The van der Waals surface area contributed by atoms with Gasteiger partial charge in [-0.1, -0.05) is 25.6 Å². The van der Waals surface area contributed by atoms with Gasteiger partial charge in [0.1, 0.15) is 12.2 Å². The van der Waals surface area contributed by atoms with Crippen LogP contribution in [0.1, 0.15) is 59.8 Å². The van der Waals surface area contributed by atoms with Crippen LogP contribution in [0.4, 0.5) is 0 Å². The number of hydrogen-bond acceptors (Lipinski definition) is 7. The number of benzene rings is 1. The van der Waals surface area contributed by atoms with Gasteiger partial charge < -0.3 is 9.15 Å². The van der Waals surface area contributed by atoms with Crippen molar-refractivity contribution in [2.75, 3.05) is 6.26 Å². The van der Waals surface area contributed by atoms with Gasteiger partial charge in [0.15, 0.2) is 5.16 Å². The Bertz CT molecular complexity index is 1160. The fourth-order valence-corrected chi connectivity index (χ4v) is 4.21. The molecule has 3 aromatic rings. The third kappa shape index (κ3) is 5.34. The Kier molecular flexibility index (Phi) is 7.15. The van der Waals surface area contributed by atoms with Crippen LogP contribution in [0.3, 0.4) is 0 Å². The summed E-state index contributed by atoms with van der Waals surface area (Å²) < 4.78 is 10.9. The molecule has 0 atom stereocenters. The summed E-state index contributed by atoms with van der Waals surface area (Å²) in [5.41, 5.74) is 5.69. The van der Waals surface area contributed by atoms with Crippen LogP contribution in [0.25, 0.3) is 11.0 Å². The fraction of sp³-hybridized carbons (Fsp3) is 0.417. The molecule has 7 heteroatoms. The summed E-state index contributed by atoms with van der Waals surface area (Å²) in [6, 6.07) is 5.30. The third-order valence-electron chi connectivity index (χ3n) is 5.39. The summed E-state index contributed by atoms with van der Waals surface area (Å²) in [5.74, 6) is 0.00301. The first kappa shape index (κ1) is 23.0. The molecule has 6 nitrogen and oxygen atoms in total. The van der Waals surface area contributed by atoms with Crippen LogP contribution in [0.15, 0.2) is 32.6 Å². The first-order valence-corrected chi connectivity index (χ1v) is 11.5. The second kappa shape index (κ2) is 9.64. The molecule has 0 spiro atoms. The summed E-state index contributed by atoms with van der Waals surface area (Å²) in [5, 5.41) is 1.53. The number of carbonyl (C=O) groups is 1. The van der Waals surface area contributed by atoms with Crippen LogP contribution in [0.2, 0.25) is 0 Å². The van der Waals surface area contributed by atoms with Gasteiger partial charge in [-0.25, -0.2) is 14.8 Å². The Labute approximate surface area is 186 Å². The molecule has 2 heterocycles. The molecule has 0 radical (unpaired) electrons. The summed E-state index contributed by atoms with van der Waals surface area (Å²) in [6.45, 7) is 10.1. The topological polar surface area (TPSA) is 82.3 Å². The lowest BCUT2D eigenvalue weighted by Crippen LogP contribution is -2.10. The average molecular weight is 441 g/mol. The van der Waals surface area contributed by atoms with Crippen molar-refractivity contribution in [2.24, 2.45) is 0 Å². The molecular weight excluding hydrogens is 412 g/mol. The van der Waals surface area contributed by atoms with Crippen LogP contribution in [-0.4, -0.2) is 22.2 Å². The van der Waals surface area contributed by atoms with E-state index in [0.717, 1.165) is 33.1 Å². The van der Waals surface area contributed by atoms with Crippen LogP contribution >= 0.6 is 11.8 Å². The Hall–Kier alpha value is -2.67. The van der Waals surface area contributed by atoms with E-state index >= 15 is 0 Å². The smallest absolute Gasteiger partial charge is 0.336 e. The minimum Gasteiger partial charge on any atom is -0.461 e. The van der Waals surface area contributed by atoms with Gasteiger partial charge in [0.2, 0.25) is 0 Å². The molecule has 0 saturated carbocycles. The Morgan fingerprint density at radius 1 is 1.13 bits per heavy atom. The van der Waals surface area contributed by atoms with Crippen molar-refractivity contribution in [3.63, 3.8) is 0 Å². The van der Waals surface area contributed by atoms with Gasteiger partial charge in [0.25, 0.3) is 0 Å². The number of carbonyl (C=O) groups excluding carboxylic acids is 1. The molecule has 2 aromatic heterocycles. The van der Waals surface area contributed by atoms with Crippen LogP contribution in [0.5, 0.6) is 0 Å². The first-order chi connectivity index (χ1) is 14.7. The summed E-state index contributed by atoms with van der Waals surface area (Å²) in [6.07, 6.45) is 2.67. The molecule has 0 saturated heterocycles. The van der Waals surface area contributed by atoms with Crippen molar-refractivity contribution in [1.82, 2.24) is 9.97 Å². The molecule has 3 rings (SSSR count). The third-order valence-corrected chi connectivity index (χ3v) is 5.94. The Morgan fingerprint density at radius 3 is 2.42 bits per heavy atom. The number of ether oxygens (including phenoxy) is 1. The fourth-order valence-electron chi connectivity index (χ4n) is 3.75. The molecular formula is C24H28N2O4S. The highest BCUT2D eigenvalue weighted by Crippen LogP contribution is 2.27. The predicted molar refractivity (Wildman–Crippen MR) is 123 cm³/mol. The molecule has 31 heavy (non-hydrogen) atoms. The molecule has 0 fully saturated rings. The van der Waals surface area contributed by atoms with E-state index in [2.05, 4.69) is 23.8 Å². The van der Waals surface area contributed by atoms with Crippen molar-refractivity contribution in [3.05, 3.63) is 62.3 Å². The van der Waals surface area contributed by atoms with Crippen molar-refractivity contribution in [2.45, 2.75) is 65.1 Å². The zero-order chi connectivity index (χ0) is 22.7. The summed E-state index contributed by atoms with van der Waals surface area (Å²) in [4.78, 5) is 33.3. The average Bonchev–Trinajstić information content (AvgIpc) is 2.70. The van der Waals surface area contributed by atoms with Gasteiger partial charge in [-0.3, -0.25) is 4.79 Å². The lowest BCUT2D eigenvalue weighted by atomic mass is 9.95. The van der Waals surface area contributed by atoms with E-state index in [1.54, 1.807) is 0 Å². The zero-order valence-electron chi connectivity index (χ0n) is 18.9. The molecule has 0 unspecified atom stereocenters. The SMILES string of the molecule is CSc1nc(C)c(CCC(=O)OCc2cc(=O)oc3cc(C)c(C(C)C)cc23)c(C)n1. The van der Waals surface area contributed by atoms with Gasteiger partial charge >= 0.3 is 11.6 Å². The number of fused-ring (bicyclic) bond motifs is 1. The highest BCUT2D eigenvalue weighted by Gasteiger charge is 2.14. The molecule has 0 aliphatic carbocycles.